The third-order valence-corrected chi connectivity index (χ3v) is 3.62. The van der Waals surface area contributed by atoms with Gasteiger partial charge >= 0.3 is 0 Å². The standard InChI is InChI=1S/C19H22N2O2/c1-19(2,16-11-7-4-8-12-16)21-17(22)13-14-20-18(23)15-9-5-3-6-10-15/h3-12H,13-14H2,1-2H3,(H,20,23)(H,21,22). The molecule has 0 saturated heterocycles. The van der Waals surface area contributed by atoms with Crippen molar-refractivity contribution in [3.8, 4) is 0 Å². The van der Waals surface area contributed by atoms with Crippen LogP contribution in [-0.4, -0.2) is 18.4 Å². The summed E-state index contributed by atoms with van der Waals surface area (Å²) in [6.45, 7) is 4.23. The maximum atomic E-state index is 12.1. The number of carbonyl (C=O) groups excluding carboxylic acids is 2. The van der Waals surface area contributed by atoms with Crippen molar-refractivity contribution in [3.05, 3.63) is 71.8 Å². The summed E-state index contributed by atoms with van der Waals surface area (Å²) in [4.78, 5) is 24.0. The summed E-state index contributed by atoms with van der Waals surface area (Å²) in [6.07, 6.45) is 0.245. The van der Waals surface area contributed by atoms with Gasteiger partial charge in [-0.15, -0.1) is 0 Å². The van der Waals surface area contributed by atoms with Gasteiger partial charge in [-0.25, -0.2) is 0 Å². The molecule has 0 bridgehead atoms. The van der Waals surface area contributed by atoms with Crippen LogP contribution in [0.2, 0.25) is 0 Å². The Morgan fingerprint density at radius 1 is 0.913 bits per heavy atom. The zero-order valence-corrected chi connectivity index (χ0v) is 13.5. The van der Waals surface area contributed by atoms with Crippen molar-refractivity contribution in [2.75, 3.05) is 6.54 Å². The summed E-state index contributed by atoms with van der Waals surface area (Å²) < 4.78 is 0. The first-order valence-electron chi connectivity index (χ1n) is 7.69. The van der Waals surface area contributed by atoms with Gasteiger partial charge in [-0.05, 0) is 31.5 Å². The summed E-state index contributed by atoms with van der Waals surface area (Å²) in [5, 5.41) is 5.75. The molecular formula is C19H22N2O2. The zero-order valence-electron chi connectivity index (χ0n) is 13.5. The number of nitrogens with one attached hydrogen (secondary N) is 2. The van der Waals surface area contributed by atoms with E-state index in [0.29, 0.717) is 12.1 Å². The van der Waals surface area contributed by atoms with Crippen molar-refractivity contribution < 1.29 is 9.59 Å². The fourth-order valence-electron chi connectivity index (χ4n) is 2.32. The van der Waals surface area contributed by atoms with Gasteiger partial charge in [0.2, 0.25) is 5.91 Å². The van der Waals surface area contributed by atoms with Gasteiger partial charge in [0, 0.05) is 18.5 Å². The normalized spacial score (nSPS) is 10.9. The lowest BCUT2D eigenvalue weighted by Gasteiger charge is -2.27. The average Bonchev–Trinajstić information content (AvgIpc) is 2.56. The molecule has 0 saturated carbocycles. The first-order chi connectivity index (χ1) is 11.0. The second kappa shape index (κ2) is 7.58. The molecule has 2 rings (SSSR count). The lowest BCUT2D eigenvalue weighted by Crippen LogP contribution is -2.42. The van der Waals surface area contributed by atoms with Crippen LogP contribution in [0.5, 0.6) is 0 Å². The van der Waals surface area contributed by atoms with Gasteiger partial charge in [0.25, 0.3) is 5.91 Å². The van der Waals surface area contributed by atoms with Crippen LogP contribution >= 0.6 is 0 Å². The molecular weight excluding hydrogens is 288 g/mol. The lowest BCUT2D eigenvalue weighted by atomic mass is 9.94. The van der Waals surface area contributed by atoms with Crippen LogP contribution in [-0.2, 0) is 10.3 Å². The second-order valence-electron chi connectivity index (χ2n) is 5.91. The predicted molar refractivity (Wildman–Crippen MR) is 91.0 cm³/mol. The number of carbonyl (C=O) groups is 2. The topological polar surface area (TPSA) is 58.2 Å². The molecule has 0 aliphatic heterocycles. The van der Waals surface area contributed by atoms with Crippen LogP contribution in [0.15, 0.2) is 60.7 Å². The van der Waals surface area contributed by atoms with Crippen LogP contribution in [0.3, 0.4) is 0 Å². The summed E-state index contributed by atoms with van der Waals surface area (Å²) in [5.74, 6) is -0.257. The molecule has 0 aromatic heterocycles. The summed E-state index contributed by atoms with van der Waals surface area (Å²) in [6, 6.07) is 18.8. The molecule has 120 valence electrons. The van der Waals surface area contributed by atoms with Crippen LogP contribution < -0.4 is 10.6 Å². The highest BCUT2D eigenvalue weighted by molar-refractivity contribution is 5.94. The fraction of sp³-hybridized carbons (Fsp3) is 0.263. The number of hydrogen-bond acceptors (Lipinski definition) is 2. The van der Waals surface area contributed by atoms with E-state index in [1.165, 1.54) is 0 Å². The van der Waals surface area contributed by atoms with Gasteiger partial charge in [-0.3, -0.25) is 9.59 Å². The van der Waals surface area contributed by atoms with Crippen molar-refractivity contribution in [1.29, 1.82) is 0 Å². The molecule has 0 aliphatic carbocycles. The molecule has 0 spiro atoms. The van der Waals surface area contributed by atoms with E-state index in [-0.39, 0.29) is 18.2 Å². The van der Waals surface area contributed by atoms with Gasteiger partial charge < -0.3 is 10.6 Å². The number of hydrogen-bond donors (Lipinski definition) is 2. The summed E-state index contributed by atoms with van der Waals surface area (Å²) in [5.41, 5.74) is 1.20. The Labute approximate surface area is 136 Å². The maximum absolute atomic E-state index is 12.1. The van der Waals surface area contributed by atoms with Crippen molar-refractivity contribution >= 4 is 11.8 Å². The molecule has 0 radical (unpaired) electrons. The maximum Gasteiger partial charge on any atom is 0.251 e. The van der Waals surface area contributed by atoms with E-state index >= 15 is 0 Å². The van der Waals surface area contributed by atoms with E-state index in [0.717, 1.165) is 5.56 Å². The van der Waals surface area contributed by atoms with E-state index in [4.69, 9.17) is 0 Å². The molecule has 4 nitrogen and oxygen atoms in total. The average molecular weight is 310 g/mol. The highest BCUT2D eigenvalue weighted by Crippen LogP contribution is 2.19. The van der Waals surface area contributed by atoms with E-state index in [1.807, 2.05) is 62.4 Å². The Morgan fingerprint density at radius 3 is 2.09 bits per heavy atom. The minimum atomic E-state index is -0.443. The Bertz CT molecular complexity index is 652. The molecule has 2 N–H and O–H groups in total. The van der Waals surface area contributed by atoms with Gasteiger partial charge in [0.15, 0.2) is 0 Å². The monoisotopic (exact) mass is 310 g/mol. The SMILES string of the molecule is CC(C)(NC(=O)CCNC(=O)c1ccccc1)c1ccccc1. The lowest BCUT2D eigenvalue weighted by molar-refractivity contribution is -0.122. The quantitative estimate of drug-likeness (QED) is 0.862. The predicted octanol–water partition coefficient (Wildman–Crippen LogP) is 2.86. The van der Waals surface area contributed by atoms with E-state index in [1.54, 1.807) is 12.1 Å². The molecule has 0 heterocycles. The van der Waals surface area contributed by atoms with Crippen molar-refractivity contribution in [3.63, 3.8) is 0 Å². The first-order valence-corrected chi connectivity index (χ1v) is 7.69. The van der Waals surface area contributed by atoms with E-state index in [9.17, 15) is 9.59 Å². The molecule has 0 atom stereocenters. The van der Waals surface area contributed by atoms with Crippen molar-refractivity contribution in [2.45, 2.75) is 25.8 Å². The van der Waals surface area contributed by atoms with Crippen LogP contribution in [0.4, 0.5) is 0 Å². The molecule has 4 heteroatoms. The van der Waals surface area contributed by atoms with Gasteiger partial charge in [-0.1, -0.05) is 48.5 Å². The summed E-state index contributed by atoms with van der Waals surface area (Å²) in [7, 11) is 0. The Kier molecular flexibility index (Phi) is 5.52. The molecule has 2 amide bonds. The smallest absolute Gasteiger partial charge is 0.251 e. The molecule has 0 aliphatic rings. The van der Waals surface area contributed by atoms with Crippen LogP contribution in [0.25, 0.3) is 0 Å². The molecule has 0 unspecified atom stereocenters. The highest BCUT2D eigenvalue weighted by Gasteiger charge is 2.22. The second-order valence-corrected chi connectivity index (χ2v) is 5.91. The van der Waals surface area contributed by atoms with Crippen molar-refractivity contribution in [2.24, 2.45) is 0 Å². The molecule has 23 heavy (non-hydrogen) atoms. The largest absolute Gasteiger partial charge is 0.352 e. The molecule has 2 aromatic carbocycles. The number of amides is 2. The van der Waals surface area contributed by atoms with Gasteiger partial charge in [0.05, 0.1) is 5.54 Å². The third kappa shape index (κ3) is 4.95. The van der Waals surface area contributed by atoms with Crippen LogP contribution in [0.1, 0.15) is 36.2 Å². The van der Waals surface area contributed by atoms with E-state index in [2.05, 4.69) is 10.6 Å². The number of benzene rings is 2. The van der Waals surface area contributed by atoms with Crippen molar-refractivity contribution in [1.82, 2.24) is 10.6 Å². The third-order valence-electron chi connectivity index (χ3n) is 3.62. The Hall–Kier alpha value is -2.62. The van der Waals surface area contributed by atoms with Gasteiger partial charge in [0.1, 0.15) is 0 Å². The Balaban J connectivity index is 1.80. The fourth-order valence-corrected chi connectivity index (χ4v) is 2.32. The zero-order chi connectivity index (χ0) is 16.7. The molecule has 0 fully saturated rings. The minimum absolute atomic E-state index is 0.0905. The highest BCUT2D eigenvalue weighted by atomic mass is 16.2. The van der Waals surface area contributed by atoms with E-state index < -0.39 is 5.54 Å². The van der Waals surface area contributed by atoms with Gasteiger partial charge in [-0.2, -0.15) is 0 Å². The summed E-state index contributed by atoms with van der Waals surface area (Å²) >= 11 is 0. The Morgan fingerprint density at radius 2 is 1.48 bits per heavy atom. The van der Waals surface area contributed by atoms with Crippen LogP contribution in [0, 0.1) is 0 Å². The molecule has 2 aromatic rings. The minimum Gasteiger partial charge on any atom is -0.352 e. The number of rotatable bonds is 6. The first kappa shape index (κ1) is 16.7.